The van der Waals surface area contributed by atoms with Crippen molar-refractivity contribution < 1.29 is 31.1 Å². The van der Waals surface area contributed by atoms with Gasteiger partial charge in [0.2, 0.25) is 0 Å². The molecule has 0 spiro atoms. The third-order valence-electron chi connectivity index (χ3n) is 2.09. The van der Waals surface area contributed by atoms with Crippen molar-refractivity contribution in [3.8, 4) is 0 Å². The molecule has 0 aromatic rings. The molecule has 0 amide bonds. The van der Waals surface area contributed by atoms with E-state index in [-0.39, 0.29) is 38.5 Å². The van der Waals surface area contributed by atoms with Crippen molar-refractivity contribution in [2.24, 2.45) is 0 Å². The molecular formula is C11H26N2U. The smallest absolute Gasteiger partial charge is 0.365 e. The normalized spacial score (nSPS) is 15.2. The van der Waals surface area contributed by atoms with Crippen LogP contribution in [-0.2, 0) is 0 Å². The minimum Gasteiger partial charge on any atom is -0.365 e. The molecule has 0 aromatic heterocycles. The summed E-state index contributed by atoms with van der Waals surface area (Å²) in [6, 6.07) is 0. The molecule has 0 aromatic carbocycles. The molecule has 1 fully saturated rings. The largest absolute Gasteiger partial charge is 2.00 e. The van der Waals surface area contributed by atoms with Gasteiger partial charge < -0.3 is 23.6 Å². The van der Waals surface area contributed by atoms with Crippen molar-refractivity contribution in [2.75, 3.05) is 40.3 Å². The van der Waals surface area contributed by atoms with Crippen LogP contribution in [0.3, 0.4) is 0 Å². The monoisotopic (exact) mass is 424 g/mol. The van der Waals surface area contributed by atoms with Crippen molar-refractivity contribution in [1.82, 2.24) is 9.80 Å². The van der Waals surface area contributed by atoms with Crippen molar-refractivity contribution in [2.45, 2.75) is 20.3 Å². The van der Waals surface area contributed by atoms with Crippen LogP contribution in [0.4, 0.5) is 0 Å². The van der Waals surface area contributed by atoms with Crippen LogP contribution < -0.4 is 0 Å². The summed E-state index contributed by atoms with van der Waals surface area (Å²) in [5.41, 5.74) is 0. The van der Waals surface area contributed by atoms with Crippen molar-refractivity contribution >= 4 is 0 Å². The Bertz CT molecular complexity index is 89.3. The van der Waals surface area contributed by atoms with Crippen LogP contribution >= 0.6 is 0 Å². The Kier molecular flexibility index (Phi) is 20.4. The molecule has 1 heterocycles. The molecule has 14 heavy (non-hydrogen) atoms. The average Bonchev–Trinajstić information content (AvgIpc) is 2.55. The first-order valence-electron chi connectivity index (χ1n) is 4.66. The maximum absolute atomic E-state index is 3.64. The Labute approximate surface area is 115 Å². The van der Waals surface area contributed by atoms with Gasteiger partial charge in [-0.15, -0.1) is 13.1 Å². The molecule has 0 radical (unpaired) electrons. The number of likely N-dealkylation sites (tertiary alicyclic amines) is 1. The molecule has 0 saturated carbocycles. The Morgan fingerprint density at radius 3 is 1.57 bits per heavy atom. The van der Waals surface area contributed by atoms with Gasteiger partial charge in [0.05, 0.1) is 0 Å². The van der Waals surface area contributed by atoms with Crippen LogP contribution in [0.15, 0.2) is 0 Å². The molecule has 0 N–H and O–H groups in total. The molecule has 0 atom stereocenters. The maximum atomic E-state index is 3.64. The molecule has 0 bridgehead atoms. The number of nitrogens with zero attached hydrogens (tertiary/aromatic N) is 2. The van der Waals surface area contributed by atoms with Gasteiger partial charge in [0.15, 0.2) is 0 Å². The second-order valence-corrected chi connectivity index (χ2v) is 3.31. The number of hydrogen-bond donors (Lipinski definition) is 0. The second-order valence-electron chi connectivity index (χ2n) is 3.31. The molecule has 1 aliphatic rings. The predicted octanol–water partition coefficient (Wildman–Crippen LogP) is 1.93. The van der Waals surface area contributed by atoms with E-state index in [1.165, 1.54) is 25.9 Å². The van der Waals surface area contributed by atoms with Crippen LogP contribution in [0.2, 0.25) is 0 Å². The summed E-state index contributed by atoms with van der Waals surface area (Å²) in [7, 11) is 4.16. The van der Waals surface area contributed by atoms with Crippen molar-refractivity contribution in [1.29, 1.82) is 0 Å². The maximum Gasteiger partial charge on any atom is 2.00 e. The van der Waals surface area contributed by atoms with Gasteiger partial charge >= 0.3 is 31.1 Å². The van der Waals surface area contributed by atoms with Crippen LogP contribution in [0, 0.1) is 45.0 Å². The van der Waals surface area contributed by atoms with Gasteiger partial charge in [0.1, 0.15) is 0 Å². The van der Waals surface area contributed by atoms with E-state index in [1.807, 2.05) is 11.9 Å². The van der Waals surface area contributed by atoms with Gasteiger partial charge in [0, 0.05) is 0 Å². The summed E-state index contributed by atoms with van der Waals surface area (Å²) in [6.07, 6.45) is 2.83. The third kappa shape index (κ3) is 13.0. The zero-order chi connectivity index (χ0) is 9.40. The number of hydrogen-bond acceptors (Lipinski definition) is 2. The summed E-state index contributed by atoms with van der Waals surface area (Å²) >= 11 is 0. The summed E-state index contributed by atoms with van der Waals surface area (Å²) in [5, 5.41) is 0. The second kappa shape index (κ2) is 14.0. The minimum absolute atomic E-state index is 0. The Balaban J connectivity index is -0.000000151. The summed E-state index contributed by atoms with van der Waals surface area (Å²) in [4.78, 5) is 4.39. The Hall–Kier alpha value is 0.972. The van der Waals surface area contributed by atoms with Crippen molar-refractivity contribution in [3.05, 3.63) is 13.8 Å². The molecule has 0 unspecified atom stereocenters. The SMILES string of the molecule is C.CN1CCCC1.[CH2-]CN(C)C[CH2-].[U+2]. The van der Waals surface area contributed by atoms with Crippen LogP contribution in [0.25, 0.3) is 0 Å². The van der Waals surface area contributed by atoms with Gasteiger partial charge in [-0.1, -0.05) is 7.43 Å². The molecule has 1 rings (SSSR count). The fraction of sp³-hybridized carbons (Fsp3) is 0.818. The zero-order valence-electron chi connectivity index (χ0n) is 9.05. The quantitative estimate of drug-likeness (QED) is 0.626. The first-order valence-corrected chi connectivity index (χ1v) is 4.66. The molecule has 84 valence electrons. The fourth-order valence-electron chi connectivity index (χ4n) is 0.987. The Morgan fingerprint density at radius 2 is 1.50 bits per heavy atom. The van der Waals surface area contributed by atoms with Gasteiger partial charge in [-0.2, -0.15) is 0 Å². The van der Waals surface area contributed by atoms with E-state index in [1.54, 1.807) is 0 Å². The predicted molar refractivity (Wildman–Crippen MR) is 61.7 cm³/mol. The minimum atomic E-state index is 0. The summed E-state index contributed by atoms with van der Waals surface area (Å²) in [6.45, 7) is 11.6. The fourth-order valence-corrected chi connectivity index (χ4v) is 0.987. The summed E-state index contributed by atoms with van der Waals surface area (Å²) in [5.74, 6) is 0. The van der Waals surface area contributed by atoms with E-state index in [2.05, 4.69) is 25.8 Å². The van der Waals surface area contributed by atoms with Crippen LogP contribution in [0.5, 0.6) is 0 Å². The van der Waals surface area contributed by atoms with E-state index < -0.39 is 0 Å². The first kappa shape index (κ1) is 20.4. The first-order chi connectivity index (χ1) is 5.70. The number of rotatable bonds is 2. The molecule has 2 nitrogen and oxygen atoms in total. The van der Waals surface area contributed by atoms with Crippen LogP contribution in [-0.4, -0.2) is 50.1 Å². The van der Waals surface area contributed by atoms with E-state index in [0.29, 0.717) is 0 Å². The van der Waals surface area contributed by atoms with E-state index in [0.717, 1.165) is 13.1 Å². The van der Waals surface area contributed by atoms with Gasteiger partial charge in [-0.3, -0.25) is 0 Å². The standard InChI is InChI=1S/2C5H11N.CH4.U/c1-6-4-2-3-5-6;1-4-6(3)5-2;;/h2-5H2,1H3;1-2,4-5H2,3H3;1H4;/q;-2;;+2. The van der Waals surface area contributed by atoms with Gasteiger partial charge in [-0.25, -0.2) is 0 Å². The topological polar surface area (TPSA) is 6.48 Å². The van der Waals surface area contributed by atoms with Gasteiger partial charge in [-0.05, 0) is 40.0 Å². The zero-order valence-corrected chi connectivity index (χ0v) is 13.2. The third-order valence-corrected chi connectivity index (χ3v) is 2.09. The molecular weight excluding hydrogens is 398 g/mol. The van der Waals surface area contributed by atoms with Crippen LogP contribution in [0.1, 0.15) is 20.3 Å². The summed E-state index contributed by atoms with van der Waals surface area (Å²) < 4.78 is 0. The molecule has 0 aliphatic carbocycles. The van der Waals surface area contributed by atoms with Crippen molar-refractivity contribution in [3.63, 3.8) is 0 Å². The molecule has 1 saturated heterocycles. The van der Waals surface area contributed by atoms with E-state index in [9.17, 15) is 0 Å². The van der Waals surface area contributed by atoms with E-state index in [4.69, 9.17) is 0 Å². The molecule has 3 heteroatoms. The average molecular weight is 424 g/mol. The van der Waals surface area contributed by atoms with E-state index >= 15 is 0 Å². The van der Waals surface area contributed by atoms with Gasteiger partial charge in [0.25, 0.3) is 0 Å². The molecule has 1 aliphatic heterocycles. The Morgan fingerprint density at radius 1 is 1.14 bits per heavy atom.